The van der Waals surface area contributed by atoms with Gasteiger partial charge >= 0.3 is 6.18 Å². The largest absolute Gasteiger partial charge is 0.451 e. The Morgan fingerprint density at radius 3 is 2.68 bits per heavy atom. The van der Waals surface area contributed by atoms with Crippen molar-refractivity contribution in [2.45, 2.75) is 39.1 Å². The maximum absolute atomic E-state index is 12.6. The molecular weight excluding hydrogens is 337 g/mol. The molecule has 1 aliphatic heterocycles. The summed E-state index contributed by atoms with van der Waals surface area (Å²) in [5.41, 5.74) is 1.71. The molecule has 3 heterocycles. The SMILES string of the molecule is Cc1cc(C[C@@H]2CN(Cc3cnc(C(F)(F)F)nc3C)C[C@@H]2O)on1. The first kappa shape index (κ1) is 17.8. The minimum Gasteiger partial charge on any atom is -0.391 e. The number of aryl methyl sites for hydroxylation is 2. The smallest absolute Gasteiger partial charge is 0.391 e. The maximum Gasteiger partial charge on any atom is 0.451 e. The van der Waals surface area contributed by atoms with E-state index in [0.29, 0.717) is 37.3 Å². The molecule has 0 radical (unpaired) electrons. The summed E-state index contributed by atoms with van der Waals surface area (Å²) in [6, 6.07) is 1.84. The Kier molecular flexibility index (Phi) is 4.79. The third-order valence-corrected chi connectivity index (χ3v) is 4.35. The molecule has 1 N–H and O–H groups in total. The standard InChI is InChI=1S/C16H19F3N4O2/c1-9-3-13(25-22-9)4-11-6-23(8-14(11)24)7-12-5-20-15(16(17,18)19)21-10(12)2/h3,5,11,14,24H,4,6-8H2,1-2H3/t11-,14+/m1/s1. The molecule has 2 aromatic rings. The third kappa shape index (κ3) is 4.16. The van der Waals surface area contributed by atoms with Crippen LogP contribution >= 0.6 is 0 Å². The van der Waals surface area contributed by atoms with Crippen LogP contribution in [0.1, 0.15) is 28.5 Å². The van der Waals surface area contributed by atoms with Crippen LogP contribution < -0.4 is 0 Å². The number of aromatic nitrogens is 3. The van der Waals surface area contributed by atoms with Crippen LogP contribution in [-0.4, -0.2) is 44.3 Å². The van der Waals surface area contributed by atoms with Crippen LogP contribution in [0, 0.1) is 19.8 Å². The van der Waals surface area contributed by atoms with Gasteiger partial charge in [0.2, 0.25) is 5.82 Å². The van der Waals surface area contributed by atoms with Gasteiger partial charge in [-0.15, -0.1) is 0 Å². The van der Waals surface area contributed by atoms with E-state index in [0.717, 1.165) is 11.5 Å². The molecule has 2 atom stereocenters. The minimum atomic E-state index is -4.55. The van der Waals surface area contributed by atoms with Crippen LogP contribution in [0.5, 0.6) is 0 Å². The Morgan fingerprint density at radius 1 is 1.32 bits per heavy atom. The molecule has 0 unspecified atom stereocenters. The number of rotatable bonds is 4. The molecule has 2 aromatic heterocycles. The Bertz CT molecular complexity index is 747. The molecule has 1 fully saturated rings. The lowest BCUT2D eigenvalue weighted by molar-refractivity contribution is -0.145. The molecule has 3 rings (SSSR count). The van der Waals surface area contributed by atoms with Gasteiger partial charge in [-0.1, -0.05) is 5.16 Å². The van der Waals surface area contributed by atoms with Crippen LogP contribution in [0.15, 0.2) is 16.8 Å². The zero-order valence-electron chi connectivity index (χ0n) is 13.9. The Labute approximate surface area is 142 Å². The van der Waals surface area contributed by atoms with Crippen molar-refractivity contribution in [2.75, 3.05) is 13.1 Å². The van der Waals surface area contributed by atoms with E-state index in [4.69, 9.17) is 4.52 Å². The predicted molar refractivity (Wildman–Crippen MR) is 81.5 cm³/mol. The highest BCUT2D eigenvalue weighted by molar-refractivity contribution is 5.17. The number of nitrogens with zero attached hydrogens (tertiary/aromatic N) is 4. The molecule has 0 aromatic carbocycles. The second kappa shape index (κ2) is 6.72. The van der Waals surface area contributed by atoms with Crippen molar-refractivity contribution in [3.05, 3.63) is 40.8 Å². The van der Waals surface area contributed by atoms with Crippen LogP contribution in [0.2, 0.25) is 0 Å². The molecule has 136 valence electrons. The monoisotopic (exact) mass is 356 g/mol. The van der Waals surface area contributed by atoms with Crippen LogP contribution in [0.3, 0.4) is 0 Å². The van der Waals surface area contributed by atoms with Gasteiger partial charge in [-0.3, -0.25) is 4.90 Å². The number of halogens is 3. The van der Waals surface area contributed by atoms with Gasteiger partial charge in [0.05, 0.1) is 11.8 Å². The Balaban J connectivity index is 1.64. The molecule has 0 amide bonds. The zero-order valence-corrected chi connectivity index (χ0v) is 13.9. The fourth-order valence-electron chi connectivity index (χ4n) is 3.07. The third-order valence-electron chi connectivity index (χ3n) is 4.35. The van der Waals surface area contributed by atoms with E-state index in [1.54, 1.807) is 0 Å². The average molecular weight is 356 g/mol. The molecule has 25 heavy (non-hydrogen) atoms. The number of β-amino-alcohol motifs (C(OH)–C–C–N with tert-alkyl or cyclic N) is 1. The summed E-state index contributed by atoms with van der Waals surface area (Å²) >= 11 is 0. The van der Waals surface area contributed by atoms with Gasteiger partial charge in [0.15, 0.2) is 0 Å². The number of likely N-dealkylation sites (tertiary alicyclic amines) is 1. The topological polar surface area (TPSA) is 75.3 Å². The second-order valence-electron chi connectivity index (χ2n) is 6.46. The van der Waals surface area contributed by atoms with E-state index in [2.05, 4.69) is 15.1 Å². The van der Waals surface area contributed by atoms with Gasteiger partial charge in [-0.05, 0) is 13.8 Å². The first-order valence-corrected chi connectivity index (χ1v) is 7.94. The Morgan fingerprint density at radius 2 is 2.08 bits per heavy atom. The zero-order chi connectivity index (χ0) is 18.2. The summed E-state index contributed by atoms with van der Waals surface area (Å²) in [6.45, 7) is 4.82. The summed E-state index contributed by atoms with van der Waals surface area (Å²) < 4.78 is 43.1. The molecule has 0 spiro atoms. The number of aliphatic hydroxyl groups is 1. The fraction of sp³-hybridized carbons (Fsp3) is 0.562. The van der Waals surface area contributed by atoms with Crippen molar-refractivity contribution in [3.8, 4) is 0 Å². The van der Waals surface area contributed by atoms with Gasteiger partial charge in [-0.2, -0.15) is 13.2 Å². The van der Waals surface area contributed by atoms with Crippen molar-refractivity contribution in [1.29, 1.82) is 0 Å². The van der Waals surface area contributed by atoms with Gasteiger partial charge in [0.1, 0.15) is 5.76 Å². The minimum absolute atomic E-state index is 0.0111. The molecule has 0 bridgehead atoms. The number of aliphatic hydroxyl groups excluding tert-OH is 1. The molecule has 1 saturated heterocycles. The lowest BCUT2D eigenvalue weighted by Crippen LogP contribution is -2.23. The second-order valence-corrected chi connectivity index (χ2v) is 6.46. The lowest BCUT2D eigenvalue weighted by atomic mass is 10.0. The summed E-state index contributed by atoms with van der Waals surface area (Å²) in [4.78, 5) is 8.94. The van der Waals surface area contributed by atoms with Crippen LogP contribution in [-0.2, 0) is 19.1 Å². The summed E-state index contributed by atoms with van der Waals surface area (Å²) in [5, 5.41) is 14.1. The van der Waals surface area contributed by atoms with E-state index in [1.807, 2.05) is 17.9 Å². The summed E-state index contributed by atoms with van der Waals surface area (Å²) in [6.07, 6.45) is -3.29. The van der Waals surface area contributed by atoms with Crippen molar-refractivity contribution < 1.29 is 22.8 Å². The summed E-state index contributed by atoms with van der Waals surface area (Å²) in [5.74, 6) is -0.422. The van der Waals surface area contributed by atoms with Gasteiger partial charge < -0.3 is 9.63 Å². The van der Waals surface area contributed by atoms with E-state index >= 15 is 0 Å². The van der Waals surface area contributed by atoms with E-state index in [1.165, 1.54) is 13.1 Å². The van der Waals surface area contributed by atoms with E-state index in [9.17, 15) is 18.3 Å². The van der Waals surface area contributed by atoms with Crippen LogP contribution in [0.25, 0.3) is 0 Å². The molecule has 1 aliphatic rings. The van der Waals surface area contributed by atoms with Crippen molar-refractivity contribution in [3.63, 3.8) is 0 Å². The first-order chi connectivity index (χ1) is 11.7. The van der Waals surface area contributed by atoms with Gasteiger partial charge in [0, 0.05) is 55.5 Å². The predicted octanol–water partition coefficient (Wildman–Crippen LogP) is 2.14. The molecular formula is C16H19F3N4O2. The highest BCUT2D eigenvalue weighted by atomic mass is 19.4. The first-order valence-electron chi connectivity index (χ1n) is 7.94. The highest BCUT2D eigenvalue weighted by Gasteiger charge is 2.36. The molecule has 0 aliphatic carbocycles. The van der Waals surface area contributed by atoms with E-state index in [-0.39, 0.29) is 5.92 Å². The van der Waals surface area contributed by atoms with Crippen molar-refractivity contribution >= 4 is 0 Å². The normalized spacial score (nSPS) is 21.8. The summed E-state index contributed by atoms with van der Waals surface area (Å²) in [7, 11) is 0. The fourth-order valence-corrected chi connectivity index (χ4v) is 3.07. The highest BCUT2D eigenvalue weighted by Crippen LogP contribution is 2.27. The van der Waals surface area contributed by atoms with Crippen molar-refractivity contribution in [2.24, 2.45) is 5.92 Å². The lowest BCUT2D eigenvalue weighted by Gasteiger charge is -2.17. The number of hydrogen-bond donors (Lipinski definition) is 1. The number of hydrogen-bond acceptors (Lipinski definition) is 6. The van der Waals surface area contributed by atoms with Gasteiger partial charge in [0.25, 0.3) is 0 Å². The average Bonchev–Trinajstić information content (AvgIpc) is 3.07. The molecule has 9 heteroatoms. The van der Waals surface area contributed by atoms with Gasteiger partial charge in [-0.25, -0.2) is 9.97 Å². The Hall–Kier alpha value is -2.00. The molecule has 6 nitrogen and oxygen atoms in total. The van der Waals surface area contributed by atoms with Crippen LogP contribution in [0.4, 0.5) is 13.2 Å². The molecule has 0 saturated carbocycles. The number of alkyl halides is 3. The van der Waals surface area contributed by atoms with E-state index < -0.39 is 18.1 Å². The quantitative estimate of drug-likeness (QED) is 0.905. The van der Waals surface area contributed by atoms with Crippen molar-refractivity contribution in [1.82, 2.24) is 20.0 Å². The maximum atomic E-state index is 12.6.